The molecule has 3 atom stereocenters. The van der Waals surface area contributed by atoms with E-state index < -0.39 is 0 Å². The second kappa shape index (κ2) is 3.83. The van der Waals surface area contributed by atoms with E-state index in [1.807, 2.05) is 0 Å². The molecule has 1 aliphatic heterocycles. The normalized spacial score (nSPS) is 36.3. The van der Waals surface area contributed by atoms with Gasteiger partial charge in [0.05, 0.1) is 0 Å². The van der Waals surface area contributed by atoms with Crippen molar-refractivity contribution < 1.29 is 0 Å². The van der Waals surface area contributed by atoms with E-state index in [0.717, 1.165) is 11.8 Å². The van der Waals surface area contributed by atoms with Crippen molar-refractivity contribution in [3.8, 4) is 0 Å². The molecule has 0 N–H and O–H groups in total. The van der Waals surface area contributed by atoms with E-state index in [1.165, 1.54) is 17.6 Å². The number of hydrogen-bond donors (Lipinski definition) is 0. The van der Waals surface area contributed by atoms with Crippen molar-refractivity contribution in [3.05, 3.63) is 34.3 Å². The summed E-state index contributed by atoms with van der Waals surface area (Å²) in [7, 11) is 0. The first kappa shape index (κ1) is 11.7. The highest BCUT2D eigenvalue weighted by atomic mass is 79.9. The Hall–Kier alpha value is -0.340. The summed E-state index contributed by atoms with van der Waals surface area (Å²) in [6, 6.07) is 9.67. The number of rotatable bonds is 2. The molecule has 3 rings (SSSR count). The van der Waals surface area contributed by atoms with Crippen LogP contribution in [0.2, 0.25) is 0 Å². The molecule has 1 aromatic rings. The lowest BCUT2D eigenvalue weighted by Crippen LogP contribution is -2.34. The number of likely N-dealkylation sites (tertiary alicyclic amines) is 1. The van der Waals surface area contributed by atoms with E-state index in [-0.39, 0.29) is 0 Å². The van der Waals surface area contributed by atoms with E-state index in [1.54, 1.807) is 5.56 Å². The third-order valence-corrected chi connectivity index (χ3v) is 5.51. The molecule has 17 heavy (non-hydrogen) atoms. The maximum absolute atomic E-state index is 3.53. The van der Waals surface area contributed by atoms with Crippen LogP contribution in [0.4, 0.5) is 0 Å². The van der Waals surface area contributed by atoms with Crippen LogP contribution in [0.5, 0.6) is 0 Å². The van der Waals surface area contributed by atoms with Crippen molar-refractivity contribution in [2.24, 2.45) is 11.8 Å². The second-order valence-electron chi connectivity index (χ2n) is 5.97. The molecule has 0 radical (unpaired) electrons. The zero-order valence-electron chi connectivity index (χ0n) is 10.8. The van der Waals surface area contributed by atoms with Crippen molar-refractivity contribution in [2.75, 3.05) is 13.1 Å². The lowest BCUT2D eigenvalue weighted by atomic mass is 9.93. The van der Waals surface area contributed by atoms with Gasteiger partial charge in [-0.1, -0.05) is 35.0 Å². The molecular formula is C15H20BrN. The van der Waals surface area contributed by atoms with Crippen LogP contribution >= 0.6 is 15.9 Å². The summed E-state index contributed by atoms with van der Waals surface area (Å²) < 4.78 is 1.18. The molecule has 2 aliphatic rings. The predicted octanol–water partition coefficient (Wildman–Crippen LogP) is 3.68. The van der Waals surface area contributed by atoms with Crippen molar-refractivity contribution >= 4 is 15.9 Å². The fourth-order valence-electron chi connectivity index (χ4n) is 3.68. The topological polar surface area (TPSA) is 3.24 Å². The van der Waals surface area contributed by atoms with Gasteiger partial charge < -0.3 is 0 Å². The SMILES string of the molecule is CC(C)N1C[C@@H]2[C@H](C)[C@]2(c2ccc(Br)cc2)C1. The van der Waals surface area contributed by atoms with Crippen molar-refractivity contribution in [1.29, 1.82) is 0 Å². The Morgan fingerprint density at radius 1 is 1.29 bits per heavy atom. The summed E-state index contributed by atoms with van der Waals surface area (Å²) in [5.74, 6) is 1.74. The smallest absolute Gasteiger partial charge is 0.0175 e. The van der Waals surface area contributed by atoms with Crippen molar-refractivity contribution in [3.63, 3.8) is 0 Å². The molecule has 1 heterocycles. The molecule has 1 aliphatic carbocycles. The van der Waals surface area contributed by atoms with E-state index >= 15 is 0 Å². The minimum atomic E-state index is 0.463. The van der Waals surface area contributed by atoms with Gasteiger partial charge in [0.2, 0.25) is 0 Å². The lowest BCUT2D eigenvalue weighted by molar-refractivity contribution is 0.230. The fraction of sp³-hybridized carbons (Fsp3) is 0.600. The molecule has 2 fully saturated rings. The second-order valence-corrected chi connectivity index (χ2v) is 6.88. The first-order valence-corrected chi connectivity index (χ1v) is 7.35. The minimum absolute atomic E-state index is 0.463. The number of fused-ring (bicyclic) bond motifs is 1. The van der Waals surface area contributed by atoms with Crippen LogP contribution in [0, 0.1) is 11.8 Å². The molecule has 0 amide bonds. The lowest BCUT2D eigenvalue weighted by Gasteiger charge is -2.26. The van der Waals surface area contributed by atoms with E-state index in [0.29, 0.717) is 11.5 Å². The molecule has 1 saturated carbocycles. The summed E-state index contributed by atoms with van der Waals surface area (Å²) in [4.78, 5) is 2.63. The molecule has 92 valence electrons. The zero-order chi connectivity index (χ0) is 12.2. The highest BCUT2D eigenvalue weighted by molar-refractivity contribution is 9.10. The van der Waals surface area contributed by atoms with Gasteiger partial charge in [-0.15, -0.1) is 0 Å². The Morgan fingerprint density at radius 2 is 1.94 bits per heavy atom. The molecule has 0 spiro atoms. The third kappa shape index (κ3) is 1.61. The summed E-state index contributed by atoms with van der Waals surface area (Å²) >= 11 is 3.53. The Morgan fingerprint density at radius 3 is 2.53 bits per heavy atom. The average Bonchev–Trinajstić information content (AvgIpc) is 2.72. The van der Waals surface area contributed by atoms with Crippen LogP contribution < -0.4 is 0 Å². The van der Waals surface area contributed by atoms with E-state index in [2.05, 4.69) is 65.9 Å². The highest BCUT2D eigenvalue weighted by Gasteiger charge is 2.67. The maximum Gasteiger partial charge on any atom is 0.0175 e. The summed E-state index contributed by atoms with van der Waals surface area (Å²) in [5.41, 5.74) is 2.01. The van der Waals surface area contributed by atoms with Gasteiger partial charge in [-0.2, -0.15) is 0 Å². The summed E-state index contributed by atoms with van der Waals surface area (Å²) in [5, 5.41) is 0. The van der Waals surface area contributed by atoms with Crippen LogP contribution in [-0.2, 0) is 5.41 Å². The number of hydrogen-bond acceptors (Lipinski definition) is 1. The third-order valence-electron chi connectivity index (χ3n) is 4.98. The number of nitrogens with zero attached hydrogens (tertiary/aromatic N) is 1. The van der Waals surface area contributed by atoms with Gasteiger partial charge in [0.25, 0.3) is 0 Å². The Balaban J connectivity index is 1.89. The molecule has 0 unspecified atom stereocenters. The summed E-state index contributed by atoms with van der Waals surface area (Å²) in [6.07, 6.45) is 0. The highest BCUT2D eigenvalue weighted by Crippen LogP contribution is 2.64. The van der Waals surface area contributed by atoms with Gasteiger partial charge in [-0.05, 0) is 43.4 Å². The largest absolute Gasteiger partial charge is 0.300 e. The number of benzene rings is 1. The van der Waals surface area contributed by atoms with Gasteiger partial charge in [0, 0.05) is 29.0 Å². The zero-order valence-corrected chi connectivity index (χ0v) is 12.4. The van der Waals surface area contributed by atoms with Crippen molar-refractivity contribution in [1.82, 2.24) is 4.90 Å². The van der Waals surface area contributed by atoms with Gasteiger partial charge in [-0.3, -0.25) is 4.90 Å². The molecular weight excluding hydrogens is 274 g/mol. The van der Waals surface area contributed by atoms with Gasteiger partial charge in [-0.25, -0.2) is 0 Å². The van der Waals surface area contributed by atoms with Crippen LogP contribution in [0.15, 0.2) is 28.7 Å². The molecule has 1 nitrogen and oxygen atoms in total. The minimum Gasteiger partial charge on any atom is -0.300 e. The number of halogens is 1. The van der Waals surface area contributed by atoms with Gasteiger partial charge >= 0.3 is 0 Å². The number of piperidine rings is 1. The Kier molecular flexibility index (Phi) is 2.64. The first-order chi connectivity index (χ1) is 8.05. The van der Waals surface area contributed by atoms with E-state index in [9.17, 15) is 0 Å². The molecule has 1 aromatic carbocycles. The van der Waals surface area contributed by atoms with Crippen LogP contribution in [-0.4, -0.2) is 24.0 Å². The average molecular weight is 294 g/mol. The molecule has 0 aromatic heterocycles. The molecule has 1 saturated heterocycles. The summed E-state index contributed by atoms with van der Waals surface area (Å²) in [6.45, 7) is 9.58. The van der Waals surface area contributed by atoms with Gasteiger partial charge in [0.15, 0.2) is 0 Å². The Labute approximate surface area is 112 Å². The standard InChI is InChI=1S/C15H20BrN/c1-10(2)17-8-14-11(3)15(14,9-17)12-4-6-13(16)7-5-12/h4-7,10-11,14H,8-9H2,1-3H3/t11-,14+,15-/m0/s1. The first-order valence-electron chi connectivity index (χ1n) is 6.56. The van der Waals surface area contributed by atoms with Crippen molar-refractivity contribution in [2.45, 2.75) is 32.2 Å². The Bertz CT molecular complexity index is 425. The van der Waals surface area contributed by atoms with E-state index in [4.69, 9.17) is 0 Å². The predicted molar refractivity (Wildman–Crippen MR) is 75.2 cm³/mol. The van der Waals surface area contributed by atoms with Crippen LogP contribution in [0.25, 0.3) is 0 Å². The fourth-order valence-corrected chi connectivity index (χ4v) is 3.95. The maximum atomic E-state index is 3.53. The van der Waals surface area contributed by atoms with Gasteiger partial charge in [0.1, 0.15) is 0 Å². The van der Waals surface area contributed by atoms with Crippen LogP contribution in [0.3, 0.4) is 0 Å². The molecule has 2 heteroatoms. The molecule has 0 bridgehead atoms. The van der Waals surface area contributed by atoms with Crippen LogP contribution in [0.1, 0.15) is 26.3 Å². The monoisotopic (exact) mass is 293 g/mol. The quantitative estimate of drug-likeness (QED) is 0.804.